The van der Waals surface area contributed by atoms with Gasteiger partial charge in [-0.15, -0.1) is 0 Å². The first-order valence-electron chi connectivity index (χ1n) is 11.0. The fourth-order valence-electron chi connectivity index (χ4n) is 4.08. The molecule has 0 radical (unpaired) electrons. The number of halogens is 1. The monoisotopic (exact) mass is 459 g/mol. The van der Waals surface area contributed by atoms with Gasteiger partial charge >= 0.3 is 0 Å². The molecular weight excluding hydrogens is 437 g/mol. The van der Waals surface area contributed by atoms with Crippen molar-refractivity contribution >= 4 is 23.4 Å². The topological polar surface area (TPSA) is 87.7 Å². The van der Waals surface area contributed by atoms with E-state index >= 15 is 0 Å². The molecule has 8 heteroatoms. The van der Waals surface area contributed by atoms with Gasteiger partial charge in [0.25, 0.3) is 5.91 Å². The standard InChI is InChI=1S/C26H22FN3O4/c27-16-4-3-5-20(14-16)34-19-12-8-17(9-13-19)29-23(31)15-28-25(32)24-21-6-1-2-7-22(21)26(33)30(24)18-10-11-18/h1-9,12-14,18,24H,10-11,15H2,(H,28,32)(H,29,31). The molecule has 1 aliphatic carbocycles. The largest absolute Gasteiger partial charge is 0.457 e. The average Bonchev–Trinajstić information content (AvgIpc) is 3.63. The van der Waals surface area contributed by atoms with Gasteiger partial charge in [-0.3, -0.25) is 14.4 Å². The molecule has 1 unspecified atom stereocenters. The van der Waals surface area contributed by atoms with Crippen LogP contribution >= 0.6 is 0 Å². The van der Waals surface area contributed by atoms with Crippen molar-refractivity contribution in [2.45, 2.75) is 24.9 Å². The van der Waals surface area contributed by atoms with Crippen LogP contribution in [-0.2, 0) is 9.59 Å². The Bertz CT molecular complexity index is 1260. The highest BCUT2D eigenvalue weighted by Gasteiger charge is 2.47. The van der Waals surface area contributed by atoms with E-state index < -0.39 is 17.8 Å². The minimum Gasteiger partial charge on any atom is -0.457 e. The number of fused-ring (bicyclic) bond motifs is 1. The van der Waals surface area contributed by atoms with E-state index in [1.165, 1.54) is 12.1 Å². The Morgan fingerprint density at radius 3 is 2.47 bits per heavy atom. The van der Waals surface area contributed by atoms with Crippen LogP contribution in [0.3, 0.4) is 0 Å². The first-order valence-corrected chi connectivity index (χ1v) is 11.0. The number of carbonyl (C=O) groups excluding carboxylic acids is 3. The lowest BCUT2D eigenvalue weighted by atomic mass is 10.0. The van der Waals surface area contributed by atoms with Crippen LogP contribution in [0.1, 0.15) is 34.8 Å². The molecule has 3 aromatic rings. The number of hydrogen-bond donors (Lipinski definition) is 2. The summed E-state index contributed by atoms with van der Waals surface area (Å²) in [6, 6.07) is 18.8. The first kappa shape index (κ1) is 21.6. The Morgan fingerprint density at radius 1 is 0.971 bits per heavy atom. The van der Waals surface area contributed by atoms with E-state index in [2.05, 4.69) is 10.6 Å². The third kappa shape index (κ3) is 4.47. The maximum atomic E-state index is 13.3. The van der Waals surface area contributed by atoms with Gasteiger partial charge in [0, 0.05) is 23.4 Å². The molecule has 0 saturated heterocycles. The molecule has 0 spiro atoms. The summed E-state index contributed by atoms with van der Waals surface area (Å²) in [7, 11) is 0. The molecule has 7 nitrogen and oxygen atoms in total. The normalized spacial score (nSPS) is 16.7. The van der Waals surface area contributed by atoms with Crippen molar-refractivity contribution in [3.05, 3.63) is 89.7 Å². The number of benzene rings is 3. The molecule has 3 aromatic carbocycles. The van der Waals surface area contributed by atoms with E-state index in [-0.39, 0.29) is 24.4 Å². The summed E-state index contributed by atoms with van der Waals surface area (Å²) in [5.74, 6) is -0.451. The van der Waals surface area contributed by atoms with Gasteiger partial charge in [0.2, 0.25) is 11.8 Å². The molecule has 0 aromatic heterocycles. The Labute approximate surface area is 195 Å². The van der Waals surface area contributed by atoms with E-state index in [9.17, 15) is 18.8 Å². The van der Waals surface area contributed by atoms with Crippen molar-refractivity contribution in [3.8, 4) is 11.5 Å². The average molecular weight is 459 g/mol. The summed E-state index contributed by atoms with van der Waals surface area (Å²) < 4.78 is 18.9. The van der Waals surface area contributed by atoms with Crippen molar-refractivity contribution in [3.63, 3.8) is 0 Å². The molecule has 3 amide bonds. The molecule has 1 fully saturated rings. The fraction of sp³-hybridized carbons (Fsp3) is 0.192. The summed E-state index contributed by atoms with van der Waals surface area (Å²) >= 11 is 0. The van der Waals surface area contributed by atoms with E-state index in [0.717, 1.165) is 12.8 Å². The van der Waals surface area contributed by atoms with E-state index in [4.69, 9.17) is 4.74 Å². The third-order valence-corrected chi connectivity index (χ3v) is 5.78. The molecule has 0 bridgehead atoms. The van der Waals surface area contributed by atoms with Crippen LogP contribution in [0.5, 0.6) is 11.5 Å². The zero-order chi connectivity index (χ0) is 23.7. The zero-order valence-corrected chi connectivity index (χ0v) is 18.2. The molecule has 2 aliphatic rings. The summed E-state index contributed by atoms with van der Waals surface area (Å²) in [4.78, 5) is 39.8. The molecule has 172 valence electrons. The predicted molar refractivity (Wildman–Crippen MR) is 123 cm³/mol. The summed E-state index contributed by atoms with van der Waals surface area (Å²) in [5, 5.41) is 5.38. The molecule has 1 aliphatic heterocycles. The molecule has 5 rings (SSSR count). The molecule has 1 heterocycles. The number of ether oxygens (including phenoxy) is 1. The fourth-order valence-corrected chi connectivity index (χ4v) is 4.08. The van der Waals surface area contributed by atoms with Gasteiger partial charge < -0.3 is 20.3 Å². The third-order valence-electron chi connectivity index (χ3n) is 5.78. The van der Waals surface area contributed by atoms with Gasteiger partial charge in [-0.1, -0.05) is 24.3 Å². The molecular formula is C26H22FN3O4. The van der Waals surface area contributed by atoms with E-state index in [1.807, 2.05) is 0 Å². The predicted octanol–water partition coefficient (Wildman–Crippen LogP) is 4.03. The molecule has 34 heavy (non-hydrogen) atoms. The highest BCUT2D eigenvalue weighted by atomic mass is 19.1. The highest BCUT2D eigenvalue weighted by molar-refractivity contribution is 6.05. The summed E-state index contributed by atoms with van der Waals surface area (Å²) in [5.41, 5.74) is 1.73. The second-order valence-corrected chi connectivity index (χ2v) is 8.28. The molecule has 1 atom stereocenters. The smallest absolute Gasteiger partial charge is 0.255 e. The van der Waals surface area contributed by atoms with Crippen molar-refractivity contribution in [1.82, 2.24) is 10.2 Å². The van der Waals surface area contributed by atoms with Gasteiger partial charge in [-0.2, -0.15) is 0 Å². The van der Waals surface area contributed by atoms with Crippen LogP contribution in [0.2, 0.25) is 0 Å². The maximum absolute atomic E-state index is 13.3. The van der Waals surface area contributed by atoms with Crippen molar-refractivity contribution < 1.29 is 23.5 Å². The van der Waals surface area contributed by atoms with Crippen molar-refractivity contribution in [2.75, 3.05) is 11.9 Å². The first-order chi connectivity index (χ1) is 16.5. The van der Waals surface area contributed by atoms with Crippen LogP contribution in [0.4, 0.5) is 10.1 Å². The van der Waals surface area contributed by atoms with Gasteiger partial charge in [-0.05, 0) is 60.9 Å². The van der Waals surface area contributed by atoms with Gasteiger partial charge in [0.15, 0.2) is 0 Å². The zero-order valence-electron chi connectivity index (χ0n) is 18.2. The Morgan fingerprint density at radius 2 is 1.74 bits per heavy atom. The van der Waals surface area contributed by atoms with Crippen molar-refractivity contribution in [2.24, 2.45) is 0 Å². The van der Waals surface area contributed by atoms with Crippen LogP contribution in [-0.4, -0.2) is 35.2 Å². The Balaban J connectivity index is 1.18. The van der Waals surface area contributed by atoms with Gasteiger partial charge in [-0.25, -0.2) is 4.39 Å². The van der Waals surface area contributed by atoms with Crippen LogP contribution in [0, 0.1) is 5.82 Å². The quantitative estimate of drug-likeness (QED) is 0.559. The lowest BCUT2D eigenvalue weighted by Gasteiger charge is -2.24. The van der Waals surface area contributed by atoms with Crippen molar-refractivity contribution in [1.29, 1.82) is 0 Å². The number of nitrogens with one attached hydrogen (secondary N) is 2. The number of hydrogen-bond acceptors (Lipinski definition) is 4. The second kappa shape index (κ2) is 8.97. The minimum atomic E-state index is -0.719. The summed E-state index contributed by atoms with van der Waals surface area (Å²) in [6.07, 6.45) is 1.76. The maximum Gasteiger partial charge on any atom is 0.255 e. The number of rotatable bonds is 7. The number of carbonyl (C=O) groups is 3. The lowest BCUT2D eigenvalue weighted by molar-refractivity contribution is -0.127. The SMILES string of the molecule is O=C(CNC(=O)C1c2ccccc2C(=O)N1C1CC1)Nc1ccc(Oc2cccc(F)c2)cc1. The minimum absolute atomic E-state index is 0.0672. The highest BCUT2D eigenvalue weighted by Crippen LogP contribution is 2.41. The van der Waals surface area contributed by atoms with E-state index in [1.54, 1.807) is 65.6 Å². The van der Waals surface area contributed by atoms with E-state index in [0.29, 0.717) is 28.3 Å². The molecule has 2 N–H and O–H groups in total. The van der Waals surface area contributed by atoms with Crippen LogP contribution in [0.15, 0.2) is 72.8 Å². The summed E-state index contributed by atoms with van der Waals surface area (Å²) in [6.45, 7) is -0.230. The van der Waals surface area contributed by atoms with Gasteiger partial charge in [0.1, 0.15) is 23.4 Å². The number of amides is 3. The lowest BCUT2D eigenvalue weighted by Crippen LogP contribution is -2.42. The Hall–Kier alpha value is -4.20. The number of anilines is 1. The number of nitrogens with zero attached hydrogens (tertiary/aromatic N) is 1. The Kier molecular flexibility index (Phi) is 5.71. The van der Waals surface area contributed by atoms with Gasteiger partial charge in [0.05, 0.1) is 6.54 Å². The van der Waals surface area contributed by atoms with Crippen LogP contribution < -0.4 is 15.4 Å². The second-order valence-electron chi connectivity index (χ2n) is 8.28. The molecule has 1 saturated carbocycles. The van der Waals surface area contributed by atoms with Crippen LogP contribution in [0.25, 0.3) is 0 Å².